The lowest BCUT2D eigenvalue weighted by Crippen LogP contribution is -2.02. The lowest BCUT2D eigenvalue weighted by Gasteiger charge is -2.06. The molecule has 0 aliphatic heterocycles. The first kappa shape index (κ1) is 14.0. The van der Waals surface area contributed by atoms with Crippen LogP contribution in [0.3, 0.4) is 0 Å². The molecule has 0 radical (unpaired) electrons. The molecule has 2 rings (SSSR count). The average Bonchev–Trinajstić information content (AvgIpc) is 2.57. The number of aromatic nitrogens is 2. The molecule has 2 aromatic heterocycles. The molecule has 0 unspecified atom stereocenters. The minimum atomic E-state index is 0.524. The monoisotopic (exact) mass is 389 g/mol. The highest BCUT2D eigenvalue weighted by molar-refractivity contribution is 9.13. The largest absolute Gasteiger partial charge is 0.384 e. The topological polar surface area (TPSA) is 51.8 Å². The third kappa shape index (κ3) is 3.30. The summed E-state index contributed by atoms with van der Waals surface area (Å²) in [5, 5.41) is 0. The van der Waals surface area contributed by atoms with Crippen LogP contribution in [0.1, 0.15) is 19.5 Å². The SMILES string of the molecule is CC(C)Cc1cc(N)nc(-c2cc(Br)c(Br)s2)n1. The molecule has 2 aromatic rings. The molecule has 0 bridgehead atoms. The molecule has 0 saturated carbocycles. The molecule has 6 heteroatoms. The summed E-state index contributed by atoms with van der Waals surface area (Å²) in [6, 6.07) is 3.85. The van der Waals surface area contributed by atoms with E-state index in [1.807, 2.05) is 12.1 Å². The smallest absolute Gasteiger partial charge is 0.171 e. The Morgan fingerprint density at radius 3 is 2.56 bits per heavy atom. The van der Waals surface area contributed by atoms with E-state index in [0.29, 0.717) is 17.6 Å². The van der Waals surface area contributed by atoms with E-state index in [1.54, 1.807) is 11.3 Å². The minimum Gasteiger partial charge on any atom is -0.384 e. The Hall–Kier alpha value is -0.460. The molecule has 0 atom stereocenters. The standard InChI is InChI=1S/C12H13Br2N3S/c1-6(2)3-7-4-10(15)17-12(16-7)9-5-8(13)11(14)18-9/h4-6H,3H2,1-2H3,(H2,15,16,17). The van der Waals surface area contributed by atoms with E-state index in [0.717, 1.165) is 25.3 Å². The van der Waals surface area contributed by atoms with Gasteiger partial charge < -0.3 is 5.73 Å². The first-order valence-corrected chi connectivity index (χ1v) is 7.94. The number of hydrogen-bond donors (Lipinski definition) is 1. The van der Waals surface area contributed by atoms with Crippen LogP contribution in [-0.4, -0.2) is 9.97 Å². The number of nitrogen functional groups attached to an aromatic ring is 1. The molecule has 0 fully saturated rings. The van der Waals surface area contributed by atoms with Gasteiger partial charge in [-0.3, -0.25) is 0 Å². The molecule has 0 spiro atoms. The molecule has 3 nitrogen and oxygen atoms in total. The quantitative estimate of drug-likeness (QED) is 0.838. The summed E-state index contributed by atoms with van der Waals surface area (Å²) in [6.07, 6.45) is 0.910. The Balaban J connectivity index is 2.41. The Bertz CT molecular complexity index is 547. The highest BCUT2D eigenvalue weighted by Crippen LogP contribution is 2.37. The van der Waals surface area contributed by atoms with Gasteiger partial charge in [-0.15, -0.1) is 11.3 Å². The van der Waals surface area contributed by atoms with Crippen molar-refractivity contribution < 1.29 is 0 Å². The van der Waals surface area contributed by atoms with Gasteiger partial charge in [0.25, 0.3) is 0 Å². The van der Waals surface area contributed by atoms with E-state index in [-0.39, 0.29) is 0 Å². The summed E-state index contributed by atoms with van der Waals surface area (Å²) in [4.78, 5) is 9.88. The fourth-order valence-corrected chi connectivity index (χ4v) is 3.58. The molecule has 96 valence electrons. The molecular weight excluding hydrogens is 378 g/mol. The van der Waals surface area contributed by atoms with E-state index < -0.39 is 0 Å². The van der Waals surface area contributed by atoms with E-state index in [1.165, 1.54) is 0 Å². The van der Waals surface area contributed by atoms with Gasteiger partial charge in [-0.25, -0.2) is 9.97 Å². The van der Waals surface area contributed by atoms with Crippen LogP contribution in [0.4, 0.5) is 5.82 Å². The van der Waals surface area contributed by atoms with Gasteiger partial charge in [0.05, 0.1) is 8.66 Å². The Morgan fingerprint density at radius 1 is 1.28 bits per heavy atom. The summed E-state index contributed by atoms with van der Waals surface area (Å²) in [5.74, 6) is 1.77. The lowest BCUT2D eigenvalue weighted by molar-refractivity contribution is 0.635. The van der Waals surface area contributed by atoms with Crippen molar-refractivity contribution in [2.75, 3.05) is 5.73 Å². The van der Waals surface area contributed by atoms with Crippen LogP contribution in [0, 0.1) is 5.92 Å². The summed E-state index contributed by atoms with van der Waals surface area (Å²) < 4.78 is 2.05. The van der Waals surface area contributed by atoms with Crippen LogP contribution in [0.25, 0.3) is 10.7 Å². The number of halogens is 2. The zero-order valence-corrected chi connectivity index (χ0v) is 14.1. The summed E-state index contributed by atoms with van der Waals surface area (Å²) >= 11 is 8.54. The molecular formula is C12H13Br2N3S. The summed E-state index contributed by atoms with van der Waals surface area (Å²) in [7, 11) is 0. The molecule has 0 aliphatic rings. The number of anilines is 1. The van der Waals surface area contributed by atoms with Gasteiger partial charge >= 0.3 is 0 Å². The number of thiophene rings is 1. The van der Waals surface area contributed by atoms with Crippen LogP contribution in [0.15, 0.2) is 20.4 Å². The molecule has 0 amide bonds. The van der Waals surface area contributed by atoms with Crippen molar-refractivity contribution in [1.29, 1.82) is 0 Å². The summed E-state index contributed by atoms with van der Waals surface area (Å²) in [5.41, 5.74) is 6.84. The van der Waals surface area contributed by atoms with Crippen molar-refractivity contribution in [3.63, 3.8) is 0 Å². The molecule has 0 aliphatic carbocycles. The normalized spacial score (nSPS) is 11.2. The van der Waals surface area contributed by atoms with Crippen molar-refractivity contribution in [2.45, 2.75) is 20.3 Å². The second-order valence-corrected chi connectivity index (χ2v) is 7.66. The number of nitrogens with zero attached hydrogens (tertiary/aromatic N) is 2. The third-order valence-electron chi connectivity index (χ3n) is 2.28. The molecule has 2 heterocycles. The van der Waals surface area contributed by atoms with Crippen LogP contribution < -0.4 is 5.73 Å². The van der Waals surface area contributed by atoms with Crippen molar-refractivity contribution in [2.24, 2.45) is 5.92 Å². The van der Waals surface area contributed by atoms with Crippen molar-refractivity contribution >= 4 is 49.0 Å². The molecule has 0 saturated heterocycles. The highest BCUT2D eigenvalue weighted by Gasteiger charge is 2.11. The molecule has 0 aromatic carbocycles. The van der Waals surface area contributed by atoms with Crippen LogP contribution in [-0.2, 0) is 6.42 Å². The molecule has 2 N–H and O–H groups in total. The number of rotatable bonds is 3. The fraction of sp³-hybridized carbons (Fsp3) is 0.333. The van der Waals surface area contributed by atoms with Gasteiger partial charge in [-0.1, -0.05) is 13.8 Å². The maximum Gasteiger partial charge on any atom is 0.171 e. The van der Waals surface area contributed by atoms with Crippen LogP contribution >= 0.6 is 43.2 Å². The van der Waals surface area contributed by atoms with E-state index in [2.05, 4.69) is 55.7 Å². The van der Waals surface area contributed by atoms with Gasteiger partial charge in [0, 0.05) is 16.2 Å². The first-order valence-electron chi connectivity index (χ1n) is 5.54. The fourth-order valence-electron chi connectivity index (χ4n) is 1.61. The van der Waals surface area contributed by atoms with Crippen molar-refractivity contribution in [3.05, 3.63) is 26.1 Å². The van der Waals surface area contributed by atoms with Crippen LogP contribution in [0.5, 0.6) is 0 Å². The van der Waals surface area contributed by atoms with E-state index in [4.69, 9.17) is 5.73 Å². The van der Waals surface area contributed by atoms with E-state index in [9.17, 15) is 0 Å². The third-order valence-corrected chi connectivity index (χ3v) is 5.53. The second-order valence-electron chi connectivity index (χ2n) is 4.44. The Kier molecular flexibility index (Phi) is 4.40. The Labute approximate surface area is 127 Å². The predicted molar refractivity (Wildman–Crippen MR) is 83.7 cm³/mol. The van der Waals surface area contributed by atoms with Gasteiger partial charge in [-0.2, -0.15) is 0 Å². The second kappa shape index (κ2) is 5.67. The zero-order valence-electron chi connectivity index (χ0n) is 10.1. The van der Waals surface area contributed by atoms with Crippen molar-refractivity contribution in [1.82, 2.24) is 9.97 Å². The maximum atomic E-state index is 5.85. The maximum absolute atomic E-state index is 5.85. The summed E-state index contributed by atoms with van der Waals surface area (Å²) in [6.45, 7) is 4.33. The number of hydrogen-bond acceptors (Lipinski definition) is 4. The minimum absolute atomic E-state index is 0.524. The average molecular weight is 391 g/mol. The molecule has 18 heavy (non-hydrogen) atoms. The predicted octanol–water partition coefficient (Wildman–Crippen LogP) is 4.51. The Morgan fingerprint density at radius 2 is 2.00 bits per heavy atom. The van der Waals surface area contributed by atoms with Gasteiger partial charge in [-0.05, 0) is 50.3 Å². The lowest BCUT2D eigenvalue weighted by atomic mass is 10.1. The van der Waals surface area contributed by atoms with Gasteiger partial charge in [0.1, 0.15) is 5.82 Å². The first-order chi connectivity index (χ1) is 8.45. The zero-order chi connectivity index (χ0) is 13.3. The van der Waals surface area contributed by atoms with E-state index >= 15 is 0 Å². The highest BCUT2D eigenvalue weighted by atomic mass is 79.9. The van der Waals surface area contributed by atoms with Gasteiger partial charge in [0.2, 0.25) is 0 Å². The number of nitrogens with two attached hydrogens (primary N) is 1. The van der Waals surface area contributed by atoms with Gasteiger partial charge in [0.15, 0.2) is 5.82 Å². The van der Waals surface area contributed by atoms with Crippen LogP contribution in [0.2, 0.25) is 0 Å². The van der Waals surface area contributed by atoms with Crippen molar-refractivity contribution in [3.8, 4) is 10.7 Å².